The van der Waals surface area contributed by atoms with Crippen molar-refractivity contribution in [3.63, 3.8) is 0 Å². The molecule has 1 aliphatic carbocycles. The first-order valence-electron chi connectivity index (χ1n) is 8.68. The van der Waals surface area contributed by atoms with Crippen LogP contribution in [-0.4, -0.2) is 54.1 Å². The largest absolute Gasteiger partial charge is 0.346 e. The van der Waals surface area contributed by atoms with Crippen LogP contribution in [0.4, 0.5) is 5.13 Å². The second kappa shape index (κ2) is 7.08. The number of nitrogens with zero attached hydrogens (tertiary/aromatic N) is 4. The van der Waals surface area contributed by atoms with Crippen LogP contribution in [0.5, 0.6) is 0 Å². The van der Waals surface area contributed by atoms with E-state index in [1.807, 2.05) is 13.1 Å². The lowest BCUT2D eigenvalue weighted by atomic mass is 9.98. The summed E-state index contributed by atoms with van der Waals surface area (Å²) in [6.45, 7) is 7.83. The molecule has 3 rings (SSSR count). The van der Waals surface area contributed by atoms with E-state index in [0.717, 1.165) is 50.6 Å². The van der Waals surface area contributed by atoms with Crippen LogP contribution < -0.4 is 10.2 Å². The highest BCUT2D eigenvalue weighted by Gasteiger charge is 2.43. The van der Waals surface area contributed by atoms with E-state index in [-0.39, 0.29) is 5.91 Å². The molecule has 1 aromatic rings. The number of amides is 1. The molecule has 1 atom stereocenters. The Morgan fingerprint density at radius 2 is 2.17 bits per heavy atom. The van der Waals surface area contributed by atoms with Gasteiger partial charge in [0.15, 0.2) is 5.13 Å². The second-order valence-corrected chi connectivity index (χ2v) is 7.96. The van der Waals surface area contributed by atoms with Crippen LogP contribution in [0.15, 0.2) is 6.20 Å². The predicted molar refractivity (Wildman–Crippen MR) is 95.0 cm³/mol. The van der Waals surface area contributed by atoms with E-state index >= 15 is 0 Å². The fraction of sp³-hybridized carbons (Fsp3) is 0.706. The molecule has 1 amide bonds. The maximum Gasteiger partial charge on any atom is 0.235 e. The number of rotatable bonds is 6. The molecule has 1 saturated carbocycles. The van der Waals surface area contributed by atoms with Crippen LogP contribution in [0, 0.1) is 17.2 Å². The summed E-state index contributed by atoms with van der Waals surface area (Å²) in [4.78, 5) is 22.5. The standard InChI is InChI=1S/C17H25N5OS/c1-3-14-10-19-16(24-14)22-8-6-21(7-9-22)11-15(23)20-17(2,12-18)13-4-5-13/h10,13H,3-9,11H2,1-2H3,(H,20,23)/t17-/m1/s1. The van der Waals surface area contributed by atoms with E-state index in [9.17, 15) is 10.1 Å². The molecule has 2 heterocycles. The molecular formula is C17H25N5OS. The van der Waals surface area contributed by atoms with Gasteiger partial charge in [-0.05, 0) is 32.1 Å². The highest BCUT2D eigenvalue weighted by Crippen LogP contribution is 2.39. The van der Waals surface area contributed by atoms with Gasteiger partial charge in [0, 0.05) is 37.3 Å². The lowest BCUT2D eigenvalue weighted by Gasteiger charge is -2.34. The maximum absolute atomic E-state index is 12.3. The summed E-state index contributed by atoms with van der Waals surface area (Å²) in [5.41, 5.74) is -0.698. The van der Waals surface area contributed by atoms with Crippen molar-refractivity contribution in [2.45, 2.75) is 38.6 Å². The van der Waals surface area contributed by atoms with E-state index in [2.05, 4.69) is 33.1 Å². The number of carbonyl (C=O) groups excluding carboxylic acids is 1. The molecule has 6 nitrogen and oxygen atoms in total. The van der Waals surface area contributed by atoms with Crippen molar-refractivity contribution in [1.82, 2.24) is 15.2 Å². The molecule has 1 aliphatic heterocycles. The Kier molecular flexibility index (Phi) is 5.07. The zero-order valence-electron chi connectivity index (χ0n) is 14.4. The number of thiazole rings is 1. The van der Waals surface area contributed by atoms with Crippen LogP contribution in [-0.2, 0) is 11.2 Å². The Morgan fingerprint density at radius 3 is 2.71 bits per heavy atom. The van der Waals surface area contributed by atoms with Crippen molar-refractivity contribution in [1.29, 1.82) is 5.26 Å². The third-order valence-corrected chi connectivity index (χ3v) is 6.13. The Morgan fingerprint density at radius 1 is 1.46 bits per heavy atom. The van der Waals surface area contributed by atoms with E-state index in [0.29, 0.717) is 12.5 Å². The SMILES string of the molecule is CCc1cnc(N2CCN(CC(=O)N[C@](C)(C#N)C3CC3)CC2)s1. The van der Waals surface area contributed by atoms with Gasteiger partial charge in [-0.15, -0.1) is 11.3 Å². The van der Waals surface area contributed by atoms with Gasteiger partial charge in [-0.25, -0.2) is 4.98 Å². The Bertz CT molecular complexity index is 627. The van der Waals surface area contributed by atoms with Gasteiger partial charge in [0.25, 0.3) is 0 Å². The molecule has 0 radical (unpaired) electrons. The summed E-state index contributed by atoms with van der Waals surface area (Å²) in [5.74, 6) is 0.280. The minimum atomic E-state index is -0.698. The molecule has 0 bridgehead atoms. The normalized spacial score (nSPS) is 21.1. The summed E-state index contributed by atoms with van der Waals surface area (Å²) in [6, 6.07) is 2.28. The number of carbonyl (C=O) groups is 1. The van der Waals surface area contributed by atoms with Gasteiger partial charge in [-0.2, -0.15) is 5.26 Å². The Balaban J connectivity index is 1.46. The second-order valence-electron chi connectivity index (χ2n) is 6.86. The van der Waals surface area contributed by atoms with Gasteiger partial charge < -0.3 is 10.2 Å². The van der Waals surface area contributed by atoms with Crippen molar-refractivity contribution in [2.24, 2.45) is 5.92 Å². The zero-order chi connectivity index (χ0) is 17.2. The van der Waals surface area contributed by atoms with E-state index in [1.54, 1.807) is 11.3 Å². The third-order valence-electron chi connectivity index (χ3n) is 4.93. The molecule has 0 spiro atoms. The van der Waals surface area contributed by atoms with E-state index in [1.165, 1.54) is 4.88 Å². The van der Waals surface area contributed by atoms with Gasteiger partial charge in [-0.3, -0.25) is 9.69 Å². The number of hydrogen-bond donors (Lipinski definition) is 1. The fourth-order valence-corrected chi connectivity index (χ4v) is 4.02. The molecule has 24 heavy (non-hydrogen) atoms. The summed E-state index contributed by atoms with van der Waals surface area (Å²) < 4.78 is 0. The van der Waals surface area contributed by atoms with Gasteiger partial charge in [0.05, 0.1) is 12.6 Å². The minimum absolute atomic E-state index is 0.0399. The molecule has 7 heteroatoms. The number of nitriles is 1. The lowest BCUT2D eigenvalue weighted by molar-refractivity contribution is -0.123. The summed E-state index contributed by atoms with van der Waals surface area (Å²) in [7, 11) is 0. The number of piperazine rings is 1. The van der Waals surface area contributed by atoms with Crippen molar-refractivity contribution >= 4 is 22.4 Å². The highest BCUT2D eigenvalue weighted by atomic mass is 32.1. The first-order valence-corrected chi connectivity index (χ1v) is 9.50. The number of hydrogen-bond acceptors (Lipinski definition) is 6. The molecule has 2 fully saturated rings. The molecule has 1 aromatic heterocycles. The van der Waals surface area contributed by atoms with Crippen molar-refractivity contribution in [3.8, 4) is 6.07 Å². The van der Waals surface area contributed by atoms with Gasteiger partial charge in [0.1, 0.15) is 5.54 Å². The number of anilines is 1. The summed E-state index contributed by atoms with van der Waals surface area (Å²) >= 11 is 1.76. The average Bonchev–Trinajstić information content (AvgIpc) is 3.34. The summed E-state index contributed by atoms with van der Waals surface area (Å²) in [5, 5.41) is 13.4. The highest BCUT2D eigenvalue weighted by molar-refractivity contribution is 7.15. The first kappa shape index (κ1) is 17.2. The predicted octanol–water partition coefficient (Wildman–Crippen LogP) is 1.64. The van der Waals surface area contributed by atoms with Gasteiger partial charge in [-0.1, -0.05) is 6.92 Å². The smallest absolute Gasteiger partial charge is 0.235 e. The van der Waals surface area contributed by atoms with Crippen LogP contribution >= 0.6 is 11.3 Å². The van der Waals surface area contributed by atoms with E-state index < -0.39 is 5.54 Å². The average molecular weight is 347 g/mol. The molecule has 130 valence electrons. The van der Waals surface area contributed by atoms with Gasteiger partial charge >= 0.3 is 0 Å². The third kappa shape index (κ3) is 3.87. The first-order chi connectivity index (χ1) is 11.5. The summed E-state index contributed by atoms with van der Waals surface area (Å²) in [6.07, 6.45) is 5.06. The van der Waals surface area contributed by atoms with E-state index in [4.69, 9.17) is 0 Å². The molecule has 1 saturated heterocycles. The monoisotopic (exact) mass is 347 g/mol. The van der Waals surface area contributed by atoms with Gasteiger partial charge in [0.2, 0.25) is 5.91 Å². The van der Waals surface area contributed by atoms with Crippen LogP contribution in [0.1, 0.15) is 31.6 Å². The Hall–Kier alpha value is -1.65. The minimum Gasteiger partial charge on any atom is -0.346 e. The molecule has 1 N–H and O–H groups in total. The lowest BCUT2D eigenvalue weighted by Crippen LogP contribution is -2.53. The van der Waals surface area contributed by atoms with Crippen molar-refractivity contribution < 1.29 is 4.79 Å². The topological polar surface area (TPSA) is 72.3 Å². The van der Waals surface area contributed by atoms with Crippen LogP contribution in [0.3, 0.4) is 0 Å². The number of aryl methyl sites for hydroxylation is 1. The zero-order valence-corrected chi connectivity index (χ0v) is 15.2. The quantitative estimate of drug-likeness (QED) is 0.847. The molecular weight excluding hydrogens is 322 g/mol. The van der Waals surface area contributed by atoms with Crippen LogP contribution in [0.2, 0.25) is 0 Å². The number of aromatic nitrogens is 1. The maximum atomic E-state index is 12.3. The fourth-order valence-electron chi connectivity index (χ4n) is 3.12. The van der Waals surface area contributed by atoms with Crippen LogP contribution in [0.25, 0.3) is 0 Å². The molecule has 0 unspecified atom stereocenters. The number of nitrogens with one attached hydrogen (secondary N) is 1. The van der Waals surface area contributed by atoms with Crippen molar-refractivity contribution in [3.05, 3.63) is 11.1 Å². The van der Waals surface area contributed by atoms with Crippen molar-refractivity contribution in [2.75, 3.05) is 37.6 Å². The molecule has 0 aromatic carbocycles. The molecule has 2 aliphatic rings. The Labute approximate surface area is 147 Å².